The molecule has 5 heterocycles. The van der Waals surface area contributed by atoms with E-state index >= 15 is 0 Å². The molecule has 0 unspecified atom stereocenters. The fourth-order valence-electron chi connectivity index (χ4n) is 12.3. The lowest BCUT2D eigenvalue weighted by atomic mass is 10.0. The number of hydrogen-bond acceptors (Lipinski definition) is 14. The molecule has 24 heteroatoms. The van der Waals surface area contributed by atoms with Crippen LogP contribution < -0.4 is 18.9 Å². The summed E-state index contributed by atoms with van der Waals surface area (Å²) in [6.45, 7) is 6.03. The average molecular weight is 1410 g/mol. The molecule has 8 aromatic carbocycles. The van der Waals surface area contributed by atoms with Crippen LogP contribution in [-0.2, 0) is 66.3 Å². The van der Waals surface area contributed by atoms with Gasteiger partial charge in [0.25, 0.3) is 0 Å². The van der Waals surface area contributed by atoms with Crippen LogP contribution in [0.4, 0.5) is 0 Å². The van der Waals surface area contributed by atoms with E-state index in [0.29, 0.717) is 134 Å². The summed E-state index contributed by atoms with van der Waals surface area (Å²) in [5.74, 6) is -0.810. The lowest BCUT2D eigenvalue weighted by Crippen LogP contribution is -2.24. The van der Waals surface area contributed by atoms with E-state index in [0.717, 1.165) is 0 Å². The first-order chi connectivity index (χ1) is 47.7. The zero-order valence-corrected chi connectivity index (χ0v) is 57.5. The van der Waals surface area contributed by atoms with Gasteiger partial charge in [-0.15, -0.1) is 0 Å². The molecule has 13 rings (SSSR count). The number of rotatable bonds is 20. The Hall–Kier alpha value is -10.8. The molecule has 0 fully saturated rings. The van der Waals surface area contributed by atoms with E-state index in [-0.39, 0.29) is 68.8 Å². The maximum absolute atomic E-state index is 13.8. The Morgan fingerprint density at radius 2 is 0.520 bits per heavy atom. The van der Waals surface area contributed by atoms with Gasteiger partial charge in [-0.25, -0.2) is 62.5 Å². The number of phenols is 4. The quantitative estimate of drug-likeness (QED) is 0.0339. The Kier molecular flexibility index (Phi) is 18.4. The zero-order chi connectivity index (χ0) is 70.4. The smallest absolute Gasteiger partial charge is 0.241 e. The van der Waals surface area contributed by atoms with Crippen molar-refractivity contribution in [1.29, 1.82) is 0 Å². The highest BCUT2D eigenvalue weighted by Crippen LogP contribution is 2.40. The van der Waals surface area contributed by atoms with Crippen molar-refractivity contribution in [3.63, 3.8) is 0 Å². The van der Waals surface area contributed by atoms with Crippen LogP contribution in [0.25, 0.3) is 90.9 Å². The molecule has 0 aliphatic carbocycles. The first kappa shape index (κ1) is 67.8. The molecule has 0 spiro atoms. The highest BCUT2D eigenvalue weighted by molar-refractivity contribution is 7.90. The van der Waals surface area contributed by atoms with E-state index in [2.05, 4.69) is 28.9 Å². The highest BCUT2D eigenvalue weighted by Gasteiger charge is 2.25. The number of nitrogens with zero attached hydrogens (tertiary/aromatic N) is 2. The predicted octanol–water partition coefficient (Wildman–Crippen LogP) is 13.3. The summed E-state index contributed by atoms with van der Waals surface area (Å²) in [4.78, 5) is 18.0. The van der Waals surface area contributed by atoms with Gasteiger partial charge in [0.05, 0.1) is 42.4 Å². The molecule has 2 aliphatic rings. The van der Waals surface area contributed by atoms with Crippen LogP contribution in [0.5, 0.6) is 23.0 Å². The minimum atomic E-state index is -4.12. The van der Waals surface area contributed by atoms with Gasteiger partial charge in [0.1, 0.15) is 23.0 Å². The second-order valence-corrected chi connectivity index (χ2v) is 31.3. The Labute approximate surface area is 578 Å². The molecule has 0 amide bonds. The molecular formula is C76H66N8O12S4. The normalized spacial score (nSPS) is 12.5. The Bertz CT molecular complexity index is 5180. The van der Waals surface area contributed by atoms with Gasteiger partial charge in [-0.1, -0.05) is 97.1 Å². The molecule has 506 valence electrons. The number of sulfonamides is 4. The Morgan fingerprint density at radius 1 is 0.300 bits per heavy atom. The highest BCUT2D eigenvalue weighted by atomic mass is 32.2. The monoisotopic (exact) mass is 1410 g/mol. The van der Waals surface area contributed by atoms with E-state index in [4.69, 9.17) is 9.97 Å². The molecule has 0 saturated carbocycles. The van der Waals surface area contributed by atoms with Gasteiger partial charge in [0, 0.05) is 94.8 Å². The van der Waals surface area contributed by atoms with Crippen molar-refractivity contribution in [3.05, 3.63) is 261 Å². The molecular weight excluding hydrogens is 1350 g/mol. The minimum absolute atomic E-state index is 0.0718. The second kappa shape index (κ2) is 27.1. The summed E-state index contributed by atoms with van der Waals surface area (Å²) in [6, 6.07) is 53.6. The Balaban J connectivity index is 1.02. The summed E-state index contributed by atoms with van der Waals surface area (Å²) in [6.07, 6.45) is 7.50. The van der Waals surface area contributed by atoms with Crippen molar-refractivity contribution in [2.75, 3.05) is 0 Å². The topological polar surface area (TPSA) is 323 Å². The number of aromatic hydroxyl groups is 4. The molecule has 0 radical (unpaired) electrons. The van der Waals surface area contributed by atoms with Crippen LogP contribution in [0.1, 0.15) is 67.3 Å². The van der Waals surface area contributed by atoms with Gasteiger partial charge in [0.15, 0.2) is 0 Å². The van der Waals surface area contributed by atoms with Crippen molar-refractivity contribution in [1.82, 2.24) is 38.8 Å². The van der Waals surface area contributed by atoms with E-state index in [1.807, 2.05) is 121 Å². The van der Waals surface area contributed by atoms with Gasteiger partial charge in [-0.3, -0.25) is 0 Å². The number of aromatic nitrogens is 4. The average Bonchev–Trinajstić information content (AvgIpc) is 1.62. The fraction of sp³-hybridized carbons (Fsp3) is 0.105. The number of aromatic amines is 2. The minimum Gasteiger partial charge on any atom is -0.508 e. The molecule has 0 saturated heterocycles. The first-order valence-corrected chi connectivity index (χ1v) is 37.4. The molecule has 2 aliphatic heterocycles. The number of H-pyrrole nitrogens is 2. The summed E-state index contributed by atoms with van der Waals surface area (Å²) in [5, 5.41) is 41.1. The van der Waals surface area contributed by atoms with E-state index < -0.39 is 40.1 Å². The third kappa shape index (κ3) is 14.3. The lowest BCUT2D eigenvalue weighted by Gasteiger charge is -2.12. The van der Waals surface area contributed by atoms with Gasteiger partial charge < -0.3 is 30.4 Å². The lowest BCUT2D eigenvalue weighted by molar-refractivity contribution is 0.472. The largest absolute Gasteiger partial charge is 0.508 e. The number of benzene rings is 8. The molecule has 20 nitrogen and oxygen atoms in total. The van der Waals surface area contributed by atoms with E-state index in [1.54, 1.807) is 52.0 Å². The molecule has 11 aromatic rings. The second-order valence-electron chi connectivity index (χ2n) is 24.4. The van der Waals surface area contributed by atoms with Gasteiger partial charge in [0.2, 0.25) is 40.1 Å². The maximum Gasteiger partial charge on any atom is 0.241 e. The third-order valence-electron chi connectivity index (χ3n) is 17.3. The number of phenolic OH excluding ortho intramolecular Hbond substituents is 4. The van der Waals surface area contributed by atoms with Gasteiger partial charge >= 0.3 is 0 Å². The van der Waals surface area contributed by atoms with Crippen molar-refractivity contribution in [3.8, 4) is 67.5 Å². The number of hydrogen-bond donors (Lipinski definition) is 10. The van der Waals surface area contributed by atoms with Crippen LogP contribution in [0.15, 0.2) is 214 Å². The van der Waals surface area contributed by atoms with Crippen LogP contribution in [-0.4, -0.2) is 74.0 Å². The predicted molar refractivity (Wildman–Crippen MR) is 388 cm³/mol. The van der Waals surface area contributed by atoms with E-state index in [1.165, 1.54) is 72.8 Å². The Morgan fingerprint density at radius 3 is 0.740 bits per heavy atom. The summed E-state index contributed by atoms with van der Waals surface area (Å²) in [7, 11) is -16.5. The molecule has 10 N–H and O–H groups in total. The molecule has 100 heavy (non-hydrogen) atoms. The SMILES string of the molecule is Cc1ccc(O)cc1S(=O)(=O)NCc1cccc(-c2c3nc(c(-c4cccc(CNS(=O)(=O)c5cc(O)ccc5C)c4)c4ccc([nH]4)c(-c4cccc(CNS(=O)(=O)c5cc(O)ccc5C)c4)c4nc(c(-c5cccc(CNS(=O)(=O)c6cc(O)ccc6C)c5)c5ccc2[nH]5)C=C4)C=C3)c1. The molecule has 0 atom stereocenters. The summed E-state index contributed by atoms with van der Waals surface area (Å²) in [5.41, 5.74) is 13.4. The zero-order valence-electron chi connectivity index (χ0n) is 54.2. The van der Waals surface area contributed by atoms with Crippen molar-refractivity contribution in [2.24, 2.45) is 0 Å². The summed E-state index contributed by atoms with van der Waals surface area (Å²) < 4.78 is 122. The molecule has 3 aromatic heterocycles. The number of aryl methyl sites for hydroxylation is 4. The fourth-order valence-corrected chi connectivity index (χ4v) is 17.4. The van der Waals surface area contributed by atoms with Crippen molar-refractivity contribution < 1.29 is 54.1 Å². The van der Waals surface area contributed by atoms with Crippen LogP contribution in [0.2, 0.25) is 0 Å². The molecule has 8 bridgehead atoms. The van der Waals surface area contributed by atoms with Gasteiger partial charge in [-0.05, 0) is 192 Å². The standard InChI is InChI=1S/C76H66N8O12S4/c1-45-17-21-57(85)37-69(45)97(89,90)77-41-49-9-5-13-53(33-49)73-61-25-27-63(81-61)74(54-14-6-10-50(34-54)42-78-98(91,92)70-38-58(86)22-18-46(70)2)65-29-31-67(83-65)76(56-16-8-12-52(36-56)44-80-100(95,96)72-40-60(88)24-20-48(72)4)68-32-30-66(84-68)75(64-28-26-62(73)82-64)55-15-7-11-51(35-55)43-79-99(93,94)71-39-59(87)23-19-47(71)3/h5-40,77-81,84-88H,41-44H2,1-4H3. The van der Waals surface area contributed by atoms with Crippen molar-refractivity contribution >= 4 is 86.5 Å². The van der Waals surface area contributed by atoms with E-state index in [9.17, 15) is 54.1 Å². The maximum atomic E-state index is 13.8. The van der Waals surface area contributed by atoms with Crippen LogP contribution in [0, 0.1) is 27.7 Å². The first-order valence-electron chi connectivity index (χ1n) is 31.5. The van der Waals surface area contributed by atoms with Crippen molar-refractivity contribution in [2.45, 2.75) is 73.5 Å². The summed E-state index contributed by atoms with van der Waals surface area (Å²) >= 11 is 0. The van der Waals surface area contributed by atoms with Crippen LogP contribution in [0.3, 0.4) is 0 Å². The van der Waals surface area contributed by atoms with Crippen LogP contribution >= 0.6 is 0 Å². The number of nitrogens with one attached hydrogen (secondary N) is 6. The third-order valence-corrected chi connectivity index (χ3v) is 23.5. The van der Waals surface area contributed by atoms with Gasteiger partial charge in [-0.2, -0.15) is 0 Å². The number of fused-ring (bicyclic) bond motifs is 8.